The molecule has 41 heavy (non-hydrogen) atoms. The molecule has 0 bridgehead atoms. The summed E-state index contributed by atoms with van der Waals surface area (Å²) in [5, 5.41) is 7.65. The second-order valence-corrected chi connectivity index (χ2v) is 13.8. The van der Waals surface area contributed by atoms with Crippen LogP contribution in [0.2, 0.25) is 0 Å². The first kappa shape index (κ1) is 23.7. The van der Waals surface area contributed by atoms with E-state index in [-0.39, 0.29) is 0 Å². The minimum Gasteiger partial charge on any atom is -0.109 e. The minimum atomic E-state index is -2.87. The van der Waals surface area contributed by atoms with Gasteiger partial charge >= 0.3 is 0 Å². The van der Waals surface area contributed by atoms with Gasteiger partial charge in [0.05, 0.1) is 1.37 Å². The van der Waals surface area contributed by atoms with E-state index in [1.165, 1.54) is 26.7 Å². The van der Waals surface area contributed by atoms with Crippen LogP contribution in [0.1, 0.15) is 6.93 Å². The van der Waals surface area contributed by atoms with Gasteiger partial charge in [0.2, 0.25) is 8.07 Å². The smallest absolute Gasteiger partial charge is 0.109 e. The number of benzene rings is 7. The summed E-state index contributed by atoms with van der Waals surface area (Å²) in [7, 11) is -2.87. The predicted molar refractivity (Wildman–Crippen MR) is 178 cm³/mol. The lowest BCUT2D eigenvalue weighted by atomic mass is 9.97. The summed E-state index contributed by atoms with van der Waals surface area (Å²) in [5.74, 6) is 3.78. The topological polar surface area (TPSA) is 0 Å². The van der Waals surface area contributed by atoms with E-state index in [9.17, 15) is 0 Å². The zero-order valence-electron chi connectivity index (χ0n) is 23.6. The van der Waals surface area contributed by atoms with Gasteiger partial charge in [-0.15, -0.1) is 5.54 Å². The third-order valence-corrected chi connectivity index (χ3v) is 11.9. The third-order valence-electron chi connectivity index (χ3n) is 7.85. The van der Waals surface area contributed by atoms with Crippen molar-refractivity contribution >= 4 is 45.2 Å². The first-order valence-electron chi connectivity index (χ1n) is 14.5. The highest BCUT2D eigenvalue weighted by atomic mass is 28.3. The van der Waals surface area contributed by atoms with Crippen molar-refractivity contribution in [2.45, 2.75) is 0 Å². The lowest BCUT2D eigenvalue weighted by molar-refractivity contribution is 1.63. The van der Waals surface area contributed by atoms with E-state index in [4.69, 9.17) is 1.37 Å². The molecule has 0 aliphatic rings. The van der Waals surface area contributed by atoms with Gasteiger partial charge in [-0.1, -0.05) is 170 Å². The lowest BCUT2D eigenvalue weighted by Crippen LogP contribution is -2.66. The third kappa shape index (κ3) is 4.55. The van der Waals surface area contributed by atoms with E-state index in [0.717, 1.165) is 27.1 Å². The number of hydrogen-bond donors (Lipinski definition) is 0. The molecule has 0 aromatic heterocycles. The van der Waals surface area contributed by atoms with Crippen molar-refractivity contribution in [1.82, 2.24) is 0 Å². The molecule has 0 atom stereocenters. The Morgan fingerprint density at radius 2 is 0.902 bits per heavy atom. The molecule has 0 fully saturated rings. The molecule has 0 N–H and O–H groups in total. The largest absolute Gasteiger partial charge is 0.230 e. The van der Waals surface area contributed by atoms with Gasteiger partial charge in [0.25, 0.3) is 0 Å². The van der Waals surface area contributed by atoms with Crippen LogP contribution >= 0.6 is 0 Å². The van der Waals surface area contributed by atoms with Crippen molar-refractivity contribution in [3.63, 3.8) is 0 Å². The Hall–Kier alpha value is -5.16. The molecule has 0 nitrogen and oxygen atoms in total. The quantitative estimate of drug-likeness (QED) is 0.0933. The summed E-state index contributed by atoms with van der Waals surface area (Å²) >= 11 is 0. The van der Waals surface area contributed by atoms with Crippen molar-refractivity contribution in [3.05, 3.63) is 175 Å². The van der Waals surface area contributed by atoms with Crippen molar-refractivity contribution in [2.75, 3.05) is 0 Å². The average Bonchev–Trinajstić information content (AvgIpc) is 3.08. The summed E-state index contributed by atoms with van der Waals surface area (Å²) in [6.45, 7) is 0. The van der Waals surface area contributed by atoms with Gasteiger partial charge in [-0.3, -0.25) is 0 Å². The maximum Gasteiger partial charge on any atom is 0.230 e. The van der Waals surface area contributed by atoms with E-state index in [1.54, 1.807) is 0 Å². The summed E-state index contributed by atoms with van der Waals surface area (Å²) in [4.78, 5) is 0. The Bertz CT molecular complexity index is 1990. The van der Waals surface area contributed by atoms with Crippen LogP contribution in [0.25, 0.3) is 32.7 Å². The molecule has 0 saturated heterocycles. The second-order valence-electron chi connectivity index (χ2n) is 10.3. The summed E-state index contributed by atoms with van der Waals surface area (Å²) < 4.78 is 8.95. The molecule has 0 heterocycles. The highest BCUT2D eigenvalue weighted by Crippen LogP contribution is 2.28. The molecule has 0 aliphatic carbocycles. The predicted octanol–water partition coefficient (Wildman–Crippen LogP) is 7.72. The normalized spacial score (nSPS) is 11.6. The molecule has 7 aromatic rings. The first-order valence-corrected chi connectivity index (χ1v) is 16.0. The van der Waals surface area contributed by atoms with Crippen molar-refractivity contribution in [3.8, 4) is 22.6 Å². The standard InChI is InChI=1S/C40H28Si/c1-4-15-31(16-5-1)32-19-14-24-37(30-32)41(35-20-6-2-7-21-35,36-22-8-3-9-23-36)28-27-40-38-25-12-10-17-33(38)29-34-18-11-13-26-39(34)40/h1-26,29-30H/i29D. The van der Waals surface area contributed by atoms with Crippen LogP contribution in [0.5, 0.6) is 0 Å². The van der Waals surface area contributed by atoms with Gasteiger partial charge in [0, 0.05) is 5.56 Å². The SMILES string of the molecule is [2H]c1c2ccccc2c(C#C[Si](c2ccccc2)(c2ccccc2)c2cccc(-c3ccccc3)c2)c2ccccc12. The molecule has 0 unspecified atom stereocenters. The van der Waals surface area contributed by atoms with Crippen LogP contribution in [0.4, 0.5) is 0 Å². The van der Waals surface area contributed by atoms with E-state index in [1.807, 2.05) is 36.4 Å². The zero-order chi connectivity index (χ0) is 28.4. The Balaban J connectivity index is 1.58. The molecule has 1 heteroatoms. The maximum absolute atomic E-state index is 8.95. The Kier molecular flexibility index (Phi) is 6.23. The lowest BCUT2D eigenvalue weighted by Gasteiger charge is -2.28. The van der Waals surface area contributed by atoms with Crippen LogP contribution in [-0.4, -0.2) is 8.07 Å². The summed E-state index contributed by atoms with van der Waals surface area (Å²) in [6.07, 6.45) is 0. The monoisotopic (exact) mass is 537 g/mol. The molecule has 0 spiro atoms. The minimum absolute atomic E-state index is 0.553. The van der Waals surface area contributed by atoms with Crippen LogP contribution < -0.4 is 15.6 Å². The van der Waals surface area contributed by atoms with Gasteiger partial charge in [-0.05, 0) is 54.3 Å². The number of hydrogen-bond acceptors (Lipinski definition) is 0. The van der Waals surface area contributed by atoms with E-state index in [2.05, 4.69) is 139 Å². The molecular formula is C40H28Si. The average molecular weight is 538 g/mol. The molecule has 0 saturated carbocycles. The molecule has 192 valence electrons. The number of rotatable bonds is 4. The first-order chi connectivity index (χ1) is 20.8. The fraction of sp³-hybridized carbons (Fsp3) is 0. The van der Waals surface area contributed by atoms with Gasteiger partial charge in [-0.25, -0.2) is 0 Å². The van der Waals surface area contributed by atoms with E-state index in [0.29, 0.717) is 6.04 Å². The molecule has 0 aliphatic heterocycles. The van der Waals surface area contributed by atoms with Gasteiger partial charge in [0.1, 0.15) is 0 Å². The van der Waals surface area contributed by atoms with Gasteiger partial charge in [0.15, 0.2) is 0 Å². The summed E-state index contributed by atoms with van der Waals surface area (Å²) in [5.41, 5.74) is 7.38. The van der Waals surface area contributed by atoms with Crippen LogP contribution in [0.15, 0.2) is 170 Å². The molecule has 7 rings (SSSR count). The Labute approximate surface area is 244 Å². The zero-order valence-corrected chi connectivity index (χ0v) is 23.6. The molecule has 0 radical (unpaired) electrons. The van der Waals surface area contributed by atoms with E-state index >= 15 is 0 Å². The van der Waals surface area contributed by atoms with Crippen LogP contribution in [0.3, 0.4) is 0 Å². The fourth-order valence-electron chi connectivity index (χ4n) is 5.86. The van der Waals surface area contributed by atoms with Crippen molar-refractivity contribution in [1.29, 1.82) is 0 Å². The second kappa shape index (κ2) is 10.8. The Morgan fingerprint density at radius 3 is 1.49 bits per heavy atom. The van der Waals surface area contributed by atoms with Crippen molar-refractivity contribution in [2.24, 2.45) is 0 Å². The van der Waals surface area contributed by atoms with Crippen LogP contribution in [-0.2, 0) is 0 Å². The fourth-order valence-corrected chi connectivity index (χ4v) is 9.71. The van der Waals surface area contributed by atoms with E-state index < -0.39 is 8.07 Å². The molecular weight excluding hydrogens is 509 g/mol. The molecule has 7 aromatic carbocycles. The van der Waals surface area contributed by atoms with Gasteiger partial charge in [-0.2, -0.15) is 0 Å². The maximum atomic E-state index is 8.95. The van der Waals surface area contributed by atoms with Crippen molar-refractivity contribution < 1.29 is 1.37 Å². The molecule has 0 amide bonds. The summed E-state index contributed by atoms with van der Waals surface area (Å²) in [6, 6.07) is 58.1. The Morgan fingerprint density at radius 1 is 0.439 bits per heavy atom. The highest BCUT2D eigenvalue weighted by molar-refractivity contribution is 7.16. The highest BCUT2D eigenvalue weighted by Gasteiger charge is 2.38. The number of fused-ring (bicyclic) bond motifs is 2. The van der Waals surface area contributed by atoms with Gasteiger partial charge < -0.3 is 0 Å². The van der Waals surface area contributed by atoms with Crippen LogP contribution in [0, 0.1) is 11.5 Å².